The number of aliphatic hydroxyl groups excluding tert-OH is 2. The number of hydrogen-bond donors (Lipinski definition) is 4. The topological polar surface area (TPSA) is 96.0 Å². The normalized spacial score (nSPS) is 11.6. The van der Waals surface area contributed by atoms with Crippen molar-refractivity contribution in [1.82, 2.24) is 10.3 Å². The van der Waals surface area contributed by atoms with Crippen molar-refractivity contribution < 1.29 is 24.4 Å². The highest BCUT2D eigenvalue weighted by Gasteiger charge is 2.11. The Bertz CT molecular complexity index is 1130. The smallest absolute Gasteiger partial charge is 0.161 e. The van der Waals surface area contributed by atoms with Crippen molar-refractivity contribution in [3.8, 4) is 17.2 Å². The Labute approximate surface area is 193 Å². The number of rotatable bonds is 10. The van der Waals surface area contributed by atoms with Crippen LogP contribution >= 0.6 is 0 Å². The van der Waals surface area contributed by atoms with E-state index in [0.717, 1.165) is 27.6 Å². The number of methoxy groups -OCH3 is 1. The van der Waals surface area contributed by atoms with Crippen LogP contribution in [0.2, 0.25) is 0 Å². The molecule has 1 unspecified atom stereocenters. The van der Waals surface area contributed by atoms with Crippen molar-refractivity contribution in [2.45, 2.75) is 13.0 Å². The summed E-state index contributed by atoms with van der Waals surface area (Å²) in [6.45, 7) is 3.63. The van der Waals surface area contributed by atoms with E-state index in [1.165, 1.54) is 0 Å². The zero-order chi connectivity index (χ0) is 23.5. The largest absolute Gasteiger partial charge is 0.493 e. The third kappa shape index (κ3) is 6.61. The van der Waals surface area contributed by atoms with E-state index in [-0.39, 0.29) is 13.2 Å². The van der Waals surface area contributed by atoms with Crippen LogP contribution in [0.15, 0.2) is 66.7 Å². The number of ether oxygens (including phenoxy) is 3. The third-order valence-electron chi connectivity index (χ3n) is 4.91. The van der Waals surface area contributed by atoms with Crippen molar-refractivity contribution >= 4 is 21.8 Å². The quantitative estimate of drug-likeness (QED) is 0.274. The molecule has 0 aliphatic rings. The first-order valence-electron chi connectivity index (χ1n) is 11.1. The van der Waals surface area contributed by atoms with E-state index in [2.05, 4.69) is 16.4 Å². The molecule has 4 rings (SSSR count). The monoisotopic (exact) mass is 452 g/mol. The highest BCUT2D eigenvalue weighted by Crippen LogP contribution is 2.33. The van der Waals surface area contributed by atoms with Crippen LogP contribution in [-0.2, 0) is 0 Å². The number of aromatic amines is 1. The zero-order valence-electron chi connectivity index (χ0n) is 19.1. The summed E-state index contributed by atoms with van der Waals surface area (Å²) >= 11 is 0. The van der Waals surface area contributed by atoms with Gasteiger partial charge >= 0.3 is 0 Å². The Morgan fingerprint density at radius 1 is 0.879 bits per heavy atom. The minimum Gasteiger partial charge on any atom is -0.493 e. The molecule has 1 atom stereocenters. The molecular weight excluding hydrogens is 420 g/mol. The van der Waals surface area contributed by atoms with Gasteiger partial charge in [0.2, 0.25) is 0 Å². The molecule has 0 saturated heterocycles. The summed E-state index contributed by atoms with van der Waals surface area (Å²) in [5.74, 6) is 2.18. The van der Waals surface area contributed by atoms with Crippen LogP contribution < -0.4 is 19.5 Å². The maximum absolute atomic E-state index is 10.3. The number of nitrogens with one attached hydrogen (secondary N) is 2. The number of aliphatic hydroxyl groups is 2. The van der Waals surface area contributed by atoms with Gasteiger partial charge in [0.15, 0.2) is 11.5 Å². The van der Waals surface area contributed by atoms with Crippen molar-refractivity contribution in [3.63, 3.8) is 0 Å². The SMILES string of the molecule is CCO.COc1ccccc1OCCNCC(O)COc1cccc2[nH]c3ccccc3c12. The molecule has 0 aliphatic heterocycles. The summed E-state index contributed by atoms with van der Waals surface area (Å²) in [4.78, 5) is 3.40. The van der Waals surface area contributed by atoms with E-state index in [1.807, 2.05) is 60.7 Å². The summed E-state index contributed by atoms with van der Waals surface area (Å²) in [5, 5.41) is 23.2. The van der Waals surface area contributed by atoms with E-state index >= 15 is 0 Å². The van der Waals surface area contributed by atoms with Gasteiger partial charge in [-0.05, 0) is 37.3 Å². The van der Waals surface area contributed by atoms with Gasteiger partial charge in [-0.2, -0.15) is 0 Å². The van der Waals surface area contributed by atoms with E-state index in [4.69, 9.17) is 19.3 Å². The first-order chi connectivity index (χ1) is 16.2. The van der Waals surface area contributed by atoms with Crippen LogP contribution in [0.5, 0.6) is 17.2 Å². The summed E-state index contributed by atoms with van der Waals surface area (Å²) in [6.07, 6.45) is -0.628. The van der Waals surface area contributed by atoms with E-state index in [0.29, 0.717) is 31.2 Å². The second-order valence-electron chi connectivity index (χ2n) is 7.33. The van der Waals surface area contributed by atoms with Crippen LogP contribution in [-0.4, -0.2) is 61.3 Å². The van der Waals surface area contributed by atoms with Gasteiger partial charge in [0, 0.05) is 36.0 Å². The van der Waals surface area contributed by atoms with Gasteiger partial charge in [-0.3, -0.25) is 0 Å². The molecule has 176 valence electrons. The van der Waals surface area contributed by atoms with Crippen molar-refractivity contribution in [2.75, 3.05) is 40.0 Å². The molecular formula is C26H32N2O5. The molecule has 3 aromatic carbocycles. The van der Waals surface area contributed by atoms with Crippen molar-refractivity contribution in [1.29, 1.82) is 0 Å². The standard InChI is InChI=1S/C24H26N2O4.C2H6O/c1-28-21-10-4-5-11-22(21)29-14-13-25-15-17(27)16-30-23-12-6-9-20-24(23)18-7-2-3-8-19(18)26-20;1-2-3/h2-12,17,25-27H,13-16H2,1H3;3H,2H2,1H3. The molecule has 7 nitrogen and oxygen atoms in total. The van der Waals surface area contributed by atoms with Crippen molar-refractivity contribution in [2.24, 2.45) is 0 Å². The molecule has 0 bridgehead atoms. The van der Waals surface area contributed by atoms with E-state index in [9.17, 15) is 5.11 Å². The summed E-state index contributed by atoms with van der Waals surface area (Å²) in [6, 6.07) is 21.6. The molecule has 0 radical (unpaired) electrons. The van der Waals surface area contributed by atoms with Crippen LogP contribution in [0.1, 0.15) is 6.92 Å². The Balaban J connectivity index is 0.000000968. The lowest BCUT2D eigenvalue weighted by Crippen LogP contribution is -2.33. The molecule has 1 heterocycles. The Hall–Kier alpha value is -3.26. The molecule has 1 aromatic heterocycles. The molecule has 4 aromatic rings. The fraction of sp³-hybridized carbons (Fsp3) is 0.308. The average Bonchev–Trinajstić information content (AvgIpc) is 3.22. The van der Waals surface area contributed by atoms with Crippen molar-refractivity contribution in [3.05, 3.63) is 66.7 Å². The Morgan fingerprint density at radius 2 is 1.55 bits per heavy atom. The zero-order valence-corrected chi connectivity index (χ0v) is 19.1. The molecule has 7 heteroatoms. The predicted octanol–water partition coefficient (Wildman–Crippen LogP) is 3.74. The Kier molecular flexibility index (Phi) is 9.38. The van der Waals surface area contributed by atoms with Crippen LogP contribution in [0.25, 0.3) is 21.8 Å². The minimum absolute atomic E-state index is 0.207. The molecule has 0 spiro atoms. The van der Waals surface area contributed by atoms with Gasteiger partial charge < -0.3 is 34.7 Å². The van der Waals surface area contributed by atoms with Gasteiger partial charge in [0.1, 0.15) is 25.1 Å². The molecule has 0 aliphatic carbocycles. The summed E-state index contributed by atoms with van der Waals surface area (Å²) in [7, 11) is 1.62. The lowest BCUT2D eigenvalue weighted by molar-refractivity contribution is 0.106. The van der Waals surface area contributed by atoms with E-state index in [1.54, 1.807) is 14.0 Å². The molecule has 0 fully saturated rings. The van der Waals surface area contributed by atoms with Gasteiger partial charge in [-0.1, -0.05) is 36.4 Å². The fourth-order valence-electron chi connectivity index (χ4n) is 3.47. The number of fused-ring (bicyclic) bond motifs is 3. The summed E-state index contributed by atoms with van der Waals surface area (Å²) < 4.78 is 16.9. The highest BCUT2D eigenvalue weighted by atomic mass is 16.5. The number of para-hydroxylation sites is 3. The summed E-state index contributed by atoms with van der Waals surface area (Å²) in [5.41, 5.74) is 2.09. The highest BCUT2D eigenvalue weighted by molar-refractivity contribution is 6.10. The number of aromatic nitrogens is 1. The maximum atomic E-state index is 10.3. The number of H-pyrrole nitrogens is 1. The molecule has 0 saturated carbocycles. The van der Waals surface area contributed by atoms with Crippen LogP contribution in [0.3, 0.4) is 0 Å². The molecule has 0 amide bonds. The Morgan fingerprint density at radius 3 is 2.33 bits per heavy atom. The van der Waals surface area contributed by atoms with Gasteiger partial charge in [0.25, 0.3) is 0 Å². The first-order valence-corrected chi connectivity index (χ1v) is 11.1. The van der Waals surface area contributed by atoms with Crippen LogP contribution in [0.4, 0.5) is 0 Å². The number of benzene rings is 3. The lowest BCUT2D eigenvalue weighted by atomic mass is 10.1. The van der Waals surface area contributed by atoms with Gasteiger partial charge in [-0.25, -0.2) is 0 Å². The van der Waals surface area contributed by atoms with Gasteiger partial charge in [0.05, 0.1) is 12.6 Å². The molecule has 4 N–H and O–H groups in total. The van der Waals surface area contributed by atoms with Gasteiger partial charge in [-0.15, -0.1) is 0 Å². The average molecular weight is 453 g/mol. The van der Waals surface area contributed by atoms with Crippen LogP contribution in [0, 0.1) is 0 Å². The fourth-order valence-corrected chi connectivity index (χ4v) is 3.47. The third-order valence-corrected chi connectivity index (χ3v) is 4.91. The lowest BCUT2D eigenvalue weighted by Gasteiger charge is -2.15. The maximum Gasteiger partial charge on any atom is 0.161 e. The number of hydrogen-bond acceptors (Lipinski definition) is 6. The molecule has 33 heavy (non-hydrogen) atoms. The second kappa shape index (κ2) is 12.7. The minimum atomic E-state index is -0.628. The predicted molar refractivity (Wildman–Crippen MR) is 131 cm³/mol. The second-order valence-corrected chi connectivity index (χ2v) is 7.33. The first kappa shape index (κ1) is 24.4. The van der Waals surface area contributed by atoms with E-state index < -0.39 is 6.10 Å².